The van der Waals surface area contributed by atoms with Gasteiger partial charge in [-0.2, -0.15) is 13.2 Å². The molecule has 0 atom stereocenters. The lowest BCUT2D eigenvalue weighted by Gasteiger charge is -2.21. The second-order valence-corrected chi connectivity index (χ2v) is 5.51. The Balaban J connectivity index is 2.42. The predicted molar refractivity (Wildman–Crippen MR) is 73.6 cm³/mol. The van der Waals surface area contributed by atoms with Crippen LogP contribution in [-0.2, 0) is 4.74 Å². The number of hydrogen-bond donors (Lipinski definition) is 2. The first-order valence-electron chi connectivity index (χ1n) is 6.19. The number of ether oxygens (including phenoxy) is 1. The van der Waals surface area contributed by atoms with Crippen LogP contribution >= 0.6 is 11.3 Å². The first-order chi connectivity index (χ1) is 9.81. The molecule has 1 aromatic heterocycles. The van der Waals surface area contributed by atoms with Gasteiger partial charge in [0.05, 0.1) is 18.2 Å². The van der Waals surface area contributed by atoms with Crippen LogP contribution in [0.3, 0.4) is 0 Å². The van der Waals surface area contributed by atoms with E-state index in [-0.39, 0.29) is 26.3 Å². The molecule has 21 heavy (non-hydrogen) atoms. The van der Waals surface area contributed by atoms with Gasteiger partial charge in [0, 0.05) is 18.0 Å². The van der Waals surface area contributed by atoms with Gasteiger partial charge in [-0.15, -0.1) is 11.3 Å². The van der Waals surface area contributed by atoms with Crippen molar-refractivity contribution in [3.8, 4) is 0 Å². The number of carbonyl (C=O) groups excluding carboxylic acids is 1. The summed E-state index contributed by atoms with van der Waals surface area (Å²) in [6.07, 6.45) is -4.39. The van der Waals surface area contributed by atoms with Gasteiger partial charge in [-0.25, -0.2) is 4.79 Å². The van der Waals surface area contributed by atoms with Crippen LogP contribution in [0.25, 0.3) is 0 Å². The number of aryl methyl sites for hydroxylation is 1. The van der Waals surface area contributed by atoms with Crippen LogP contribution in [0.2, 0.25) is 0 Å². The zero-order chi connectivity index (χ0) is 15.9. The van der Waals surface area contributed by atoms with Crippen LogP contribution in [0, 0.1) is 6.92 Å². The molecule has 0 fully saturated rings. The number of nitrogens with zero attached hydrogens (tertiary/aromatic N) is 1. The Hall–Kier alpha value is -1.32. The van der Waals surface area contributed by atoms with Gasteiger partial charge in [0.15, 0.2) is 0 Å². The second kappa shape index (κ2) is 8.20. The fourth-order valence-corrected chi connectivity index (χ4v) is 2.24. The molecule has 0 saturated heterocycles. The SMILES string of the molecule is Cc1ccc(NC(=O)N(CCO)CCOCC(F)(F)F)s1. The standard InChI is InChI=1S/C12H17F3N2O3S/c1-9-2-3-10(21-9)16-11(19)17(4-6-18)5-7-20-8-12(13,14)15/h2-3,18H,4-8H2,1H3,(H,16,19). The second-order valence-electron chi connectivity index (χ2n) is 4.22. The molecular formula is C12H17F3N2O3S. The summed E-state index contributed by atoms with van der Waals surface area (Å²) in [5.41, 5.74) is 0. The first kappa shape index (κ1) is 17.7. The number of aliphatic hydroxyl groups excluding tert-OH is 1. The Morgan fingerprint density at radius 1 is 1.43 bits per heavy atom. The van der Waals surface area contributed by atoms with Crippen molar-refractivity contribution in [3.05, 3.63) is 17.0 Å². The van der Waals surface area contributed by atoms with Gasteiger partial charge in [0.2, 0.25) is 0 Å². The van der Waals surface area contributed by atoms with E-state index >= 15 is 0 Å². The van der Waals surface area contributed by atoms with E-state index in [0.29, 0.717) is 5.00 Å². The van der Waals surface area contributed by atoms with E-state index < -0.39 is 18.8 Å². The number of thiophene rings is 1. The lowest BCUT2D eigenvalue weighted by atomic mass is 10.5. The Labute approximate surface area is 124 Å². The van der Waals surface area contributed by atoms with Crippen molar-refractivity contribution in [1.82, 2.24) is 4.90 Å². The fraction of sp³-hybridized carbons (Fsp3) is 0.583. The van der Waals surface area contributed by atoms with Crippen molar-refractivity contribution in [2.75, 3.05) is 38.2 Å². The van der Waals surface area contributed by atoms with Crippen molar-refractivity contribution in [1.29, 1.82) is 0 Å². The molecule has 0 bridgehead atoms. The highest BCUT2D eigenvalue weighted by atomic mass is 32.1. The van der Waals surface area contributed by atoms with Crippen LogP contribution < -0.4 is 5.32 Å². The molecule has 2 amide bonds. The average molecular weight is 326 g/mol. The van der Waals surface area contributed by atoms with Crippen LogP contribution in [0.1, 0.15) is 4.88 Å². The maximum Gasteiger partial charge on any atom is 0.411 e. The van der Waals surface area contributed by atoms with Crippen molar-refractivity contribution < 1.29 is 27.8 Å². The van der Waals surface area contributed by atoms with Gasteiger partial charge >= 0.3 is 12.2 Å². The lowest BCUT2D eigenvalue weighted by molar-refractivity contribution is -0.174. The first-order valence-corrected chi connectivity index (χ1v) is 7.01. The highest BCUT2D eigenvalue weighted by Crippen LogP contribution is 2.21. The molecule has 5 nitrogen and oxygen atoms in total. The number of halogens is 3. The Morgan fingerprint density at radius 2 is 2.14 bits per heavy atom. The van der Waals surface area contributed by atoms with E-state index in [1.54, 1.807) is 6.07 Å². The Bertz CT molecular complexity index is 451. The predicted octanol–water partition coefficient (Wildman–Crippen LogP) is 2.46. The van der Waals surface area contributed by atoms with E-state index in [1.807, 2.05) is 13.0 Å². The molecule has 0 aliphatic carbocycles. The molecule has 0 aliphatic rings. The van der Waals surface area contributed by atoms with Crippen molar-refractivity contribution >= 4 is 22.4 Å². The highest BCUT2D eigenvalue weighted by molar-refractivity contribution is 7.16. The molecule has 1 heterocycles. The van der Waals surface area contributed by atoms with Crippen molar-refractivity contribution in [2.24, 2.45) is 0 Å². The van der Waals surface area contributed by atoms with E-state index in [0.717, 1.165) is 4.88 Å². The number of nitrogens with one attached hydrogen (secondary N) is 1. The molecule has 0 unspecified atom stereocenters. The van der Waals surface area contributed by atoms with Crippen LogP contribution in [0.5, 0.6) is 0 Å². The molecule has 2 N–H and O–H groups in total. The van der Waals surface area contributed by atoms with E-state index in [4.69, 9.17) is 5.11 Å². The van der Waals surface area contributed by atoms with Gasteiger partial charge in [-0.1, -0.05) is 0 Å². The fourth-order valence-electron chi connectivity index (χ4n) is 1.48. The molecule has 120 valence electrons. The maximum absolute atomic E-state index is 11.9. The summed E-state index contributed by atoms with van der Waals surface area (Å²) < 4.78 is 40.2. The summed E-state index contributed by atoms with van der Waals surface area (Å²) in [5, 5.41) is 12.2. The summed E-state index contributed by atoms with van der Waals surface area (Å²) in [6, 6.07) is 3.08. The van der Waals surface area contributed by atoms with E-state index in [1.165, 1.54) is 16.2 Å². The lowest BCUT2D eigenvalue weighted by Crippen LogP contribution is -2.39. The van der Waals surface area contributed by atoms with Crippen molar-refractivity contribution in [3.63, 3.8) is 0 Å². The van der Waals surface area contributed by atoms with Gasteiger partial charge < -0.3 is 14.7 Å². The third-order valence-electron chi connectivity index (χ3n) is 2.40. The molecule has 0 saturated carbocycles. The van der Waals surface area contributed by atoms with Crippen LogP contribution in [-0.4, -0.2) is 55.1 Å². The third kappa shape index (κ3) is 7.30. The summed E-state index contributed by atoms with van der Waals surface area (Å²) in [5.74, 6) is 0. The van der Waals surface area contributed by atoms with Crippen LogP contribution in [0.4, 0.5) is 23.0 Å². The molecule has 9 heteroatoms. The number of urea groups is 1. The van der Waals surface area contributed by atoms with Gasteiger partial charge in [0.25, 0.3) is 0 Å². The smallest absolute Gasteiger partial charge is 0.395 e. The number of rotatable bonds is 7. The summed E-state index contributed by atoms with van der Waals surface area (Å²) in [7, 11) is 0. The molecule has 0 radical (unpaired) electrons. The summed E-state index contributed by atoms with van der Waals surface area (Å²) in [6.45, 7) is -0.0204. The minimum absolute atomic E-state index is 0.0194. The van der Waals surface area contributed by atoms with E-state index in [2.05, 4.69) is 10.1 Å². The number of aliphatic hydroxyl groups is 1. The highest BCUT2D eigenvalue weighted by Gasteiger charge is 2.27. The Morgan fingerprint density at radius 3 is 2.67 bits per heavy atom. The summed E-state index contributed by atoms with van der Waals surface area (Å²) >= 11 is 1.38. The van der Waals surface area contributed by atoms with Crippen LogP contribution in [0.15, 0.2) is 12.1 Å². The average Bonchev–Trinajstić information content (AvgIpc) is 2.77. The normalized spacial score (nSPS) is 11.5. The monoisotopic (exact) mass is 326 g/mol. The van der Waals surface area contributed by atoms with Gasteiger partial charge in [0.1, 0.15) is 6.61 Å². The summed E-state index contributed by atoms with van der Waals surface area (Å²) in [4.78, 5) is 14.2. The zero-order valence-electron chi connectivity index (χ0n) is 11.4. The minimum Gasteiger partial charge on any atom is -0.395 e. The molecule has 0 aliphatic heterocycles. The zero-order valence-corrected chi connectivity index (χ0v) is 12.3. The Kier molecular flexibility index (Phi) is 6.93. The molecule has 1 rings (SSSR count). The topological polar surface area (TPSA) is 61.8 Å². The number of alkyl halides is 3. The number of amides is 2. The molecule has 0 aromatic carbocycles. The van der Waals surface area contributed by atoms with E-state index in [9.17, 15) is 18.0 Å². The number of hydrogen-bond acceptors (Lipinski definition) is 4. The maximum atomic E-state index is 11.9. The molecule has 0 spiro atoms. The molecule has 1 aromatic rings. The quantitative estimate of drug-likeness (QED) is 0.757. The van der Waals surface area contributed by atoms with Gasteiger partial charge in [-0.3, -0.25) is 5.32 Å². The van der Waals surface area contributed by atoms with Crippen molar-refractivity contribution in [2.45, 2.75) is 13.1 Å². The number of carbonyl (C=O) groups is 1. The van der Waals surface area contributed by atoms with Gasteiger partial charge in [-0.05, 0) is 19.1 Å². The number of anilines is 1. The third-order valence-corrected chi connectivity index (χ3v) is 3.32. The minimum atomic E-state index is -4.39. The molecular weight excluding hydrogens is 309 g/mol. The largest absolute Gasteiger partial charge is 0.411 e.